The van der Waals surface area contributed by atoms with Crippen molar-refractivity contribution >= 4 is 22.6 Å². The van der Waals surface area contributed by atoms with Gasteiger partial charge in [-0.25, -0.2) is 4.99 Å². The van der Waals surface area contributed by atoms with E-state index in [1.54, 1.807) is 20.4 Å². The Kier molecular flexibility index (Phi) is 6.95. The summed E-state index contributed by atoms with van der Waals surface area (Å²) >= 11 is 0. The van der Waals surface area contributed by atoms with Gasteiger partial charge in [-0.15, -0.1) is 0 Å². The molecule has 0 fully saturated rings. The molecule has 0 saturated carbocycles. The number of fused-ring (bicyclic) bond motifs is 1. The number of carbonyl (C=O) groups excluding carboxylic acids is 1. The molecule has 1 aromatic heterocycles. The van der Waals surface area contributed by atoms with Crippen molar-refractivity contribution in [2.24, 2.45) is 4.99 Å². The van der Waals surface area contributed by atoms with Crippen LogP contribution in [0.4, 0.5) is 0 Å². The molecular formula is C27H25N3O3. The minimum absolute atomic E-state index is 0.0177. The zero-order chi connectivity index (χ0) is 23.0. The molecule has 0 bridgehead atoms. The van der Waals surface area contributed by atoms with Gasteiger partial charge in [0.05, 0.1) is 14.2 Å². The summed E-state index contributed by atoms with van der Waals surface area (Å²) in [5, 5.41) is 5.00. The van der Waals surface area contributed by atoms with E-state index in [2.05, 4.69) is 27.4 Å². The fourth-order valence-corrected chi connectivity index (χ4v) is 3.69. The molecule has 6 heteroatoms. The molecule has 4 rings (SSSR count). The number of benzene rings is 3. The van der Waals surface area contributed by atoms with Crippen LogP contribution in [0.5, 0.6) is 5.75 Å². The van der Waals surface area contributed by atoms with Crippen molar-refractivity contribution < 1.29 is 14.3 Å². The first-order valence-corrected chi connectivity index (χ1v) is 10.6. The molecule has 166 valence electrons. The van der Waals surface area contributed by atoms with Crippen molar-refractivity contribution in [2.75, 3.05) is 20.8 Å². The Morgan fingerprint density at radius 1 is 0.970 bits per heavy atom. The Morgan fingerprint density at radius 2 is 1.82 bits per heavy atom. The summed E-state index contributed by atoms with van der Waals surface area (Å²) in [6.45, 7) is 0.360. The molecule has 0 atom stereocenters. The zero-order valence-electron chi connectivity index (χ0n) is 18.6. The van der Waals surface area contributed by atoms with Crippen LogP contribution < -0.4 is 10.1 Å². The summed E-state index contributed by atoms with van der Waals surface area (Å²) in [6, 6.07) is 23.5. The standard InChI is InChI=1S/C27H25N3O3/c1-32-22-10-6-9-20(15-22)23-12-11-21(25-17-28-14-13-24(23)25)16-29-26(31)18-30-27(33-2)19-7-4-3-5-8-19/h3-15,17H,16,18H2,1-2H3,(H,29,31). The molecule has 0 aliphatic heterocycles. The average molecular weight is 440 g/mol. The molecule has 1 heterocycles. The highest BCUT2D eigenvalue weighted by atomic mass is 16.5. The third kappa shape index (κ3) is 5.18. The molecule has 1 amide bonds. The number of rotatable bonds is 7. The normalized spacial score (nSPS) is 11.3. The van der Waals surface area contributed by atoms with Gasteiger partial charge >= 0.3 is 0 Å². The first kappa shape index (κ1) is 22.0. The molecule has 0 saturated heterocycles. The van der Waals surface area contributed by atoms with Crippen LogP contribution in [0.15, 0.2) is 90.2 Å². The lowest BCUT2D eigenvalue weighted by Crippen LogP contribution is -2.26. The van der Waals surface area contributed by atoms with Gasteiger partial charge in [0.25, 0.3) is 0 Å². The molecule has 0 unspecified atom stereocenters. The van der Waals surface area contributed by atoms with Crippen LogP contribution in [-0.2, 0) is 16.1 Å². The Bertz CT molecular complexity index is 1290. The fourth-order valence-electron chi connectivity index (χ4n) is 3.69. The molecule has 0 aliphatic carbocycles. The van der Waals surface area contributed by atoms with Crippen LogP contribution >= 0.6 is 0 Å². The number of aliphatic imine (C=N–C) groups is 1. The highest BCUT2D eigenvalue weighted by Crippen LogP contribution is 2.32. The maximum atomic E-state index is 12.5. The molecule has 1 N–H and O–H groups in total. The summed E-state index contributed by atoms with van der Waals surface area (Å²) in [7, 11) is 3.21. The van der Waals surface area contributed by atoms with Gasteiger partial charge in [-0.3, -0.25) is 9.78 Å². The number of nitrogens with one attached hydrogen (secondary N) is 1. The van der Waals surface area contributed by atoms with E-state index in [1.807, 2.05) is 66.9 Å². The van der Waals surface area contributed by atoms with E-state index in [-0.39, 0.29) is 12.5 Å². The number of amides is 1. The number of aromatic nitrogens is 1. The van der Waals surface area contributed by atoms with E-state index in [1.165, 1.54) is 0 Å². The maximum absolute atomic E-state index is 12.5. The minimum atomic E-state index is -0.186. The Balaban J connectivity index is 1.51. The molecule has 33 heavy (non-hydrogen) atoms. The average Bonchev–Trinajstić information content (AvgIpc) is 2.88. The van der Waals surface area contributed by atoms with E-state index >= 15 is 0 Å². The fraction of sp³-hybridized carbons (Fsp3) is 0.148. The quantitative estimate of drug-likeness (QED) is 0.337. The second-order valence-electron chi connectivity index (χ2n) is 7.39. The third-order valence-corrected chi connectivity index (χ3v) is 5.35. The van der Waals surface area contributed by atoms with Crippen LogP contribution in [-0.4, -0.2) is 37.6 Å². The molecule has 6 nitrogen and oxygen atoms in total. The second-order valence-corrected chi connectivity index (χ2v) is 7.39. The summed E-state index contributed by atoms with van der Waals surface area (Å²) in [5.41, 5.74) is 3.96. The number of nitrogens with zero attached hydrogens (tertiary/aromatic N) is 2. The van der Waals surface area contributed by atoms with Crippen molar-refractivity contribution in [1.29, 1.82) is 0 Å². The monoisotopic (exact) mass is 439 g/mol. The number of pyridine rings is 1. The molecule has 0 radical (unpaired) electrons. The third-order valence-electron chi connectivity index (χ3n) is 5.35. The summed E-state index contributed by atoms with van der Waals surface area (Å²) < 4.78 is 10.7. The smallest absolute Gasteiger partial charge is 0.242 e. The van der Waals surface area contributed by atoms with Crippen molar-refractivity contribution in [3.63, 3.8) is 0 Å². The summed E-state index contributed by atoms with van der Waals surface area (Å²) in [5.74, 6) is 1.05. The molecule has 4 aromatic rings. The minimum Gasteiger partial charge on any atom is -0.497 e. The first-order chi connectivity index (χ1) is 16.2. The van der Waals surface area contributed by atoms with Crippen LogP contribution in [0.3, 0.4) is 0 Å². The van der Waals surface area contributed by atoms with Gasteiger partial charge < -0.3 is 14.8 Å². The van der Waals surface area contributed by atoms with E-state index < -0.39 is 0 Å². The highest BCUT2D eigenvalue weighted by Gasteiger charge is 2.10. The number of hydrogen-bond donors (Lipinski definition) is 1. The van der Waals surface area contributed by atoms with Crippen molar-refractivity contribution in [3.05, 3.63) is 96.3 Å². The van der Waals surface area contributed by atoms with Gasteiger partial charge in [-0.1, -0.05) is 42.5 Å². The zero-order valence-corrected chi connectivity index (χ0v) is 18.6. The summed E-state index contributed by atoms with van der Waals surface area (Å²) in [4.78, 5) is 21.1. The Hall–Kier alpha value is -4.19. The maximum Gasteiger partial charge on any atom is 0.242 e. The predicted molar refractivity (Wildman–Crippen MR) is 130 cm³/mol. The van der Waals surface area contributed by atoms with Crippen molar-refractivity contribution in [3.8, 4) is 16.9 Å². The highest BCUT2D eigenvalue weighted by molar-refractivity contribution is 5.98. The second kappa shape index (κ2) is 10.4. The van der Waals surface area contributed by atoms with Crippen LogP contribution in [0.25, 0.3) is 21.9 Å². The lowest BCUT2D eigenvalue weighted by Gasteiger charge is -2.13. The van der Waals surface area contributed by atoms with E-state index in [4.69, 9.17) is 9.47 Å². The van der Waals surface area contributed by atoms with Gasteiger partial charge in [0.1, 0.15) is 12.3 Å². The van der Waals surface area contributed by atoms with Gasteiger partial charge in [0, 0.05) is 29.9 Å². The van der Waals surface area contributed by atoms with Gasteiger partial charge in [-0.05, 0) is 52.4 Å². The van der Waals surface area contributed by atoms with Crippen LogP contribution in [0.1, 0.15) is 11.1 Å². The topological polar surface area (TPSA) is 72.8 Å². The first-order valence-electron chi connectivity index (χ1n) is 10.6. The number of ether oxygens (including phenoxy) is 2. The molecular weight excluding hydrogens is 414 g/mol. The van der Waals surface area contributed by atoms with Gasteiger partial charge in [-0.2, -0.15) is 0 Å². The van der Waals surface area contributed by atoms with E-state index in [9.17, 15) is 4.79 Å². The molecule has 0 spiro atoms. The Morgan fingerprint density at radius 3 is 2.61 bits per heavy atom. The predicted octanol–water partition coefficient (Wildman–Crippen LogP) is 4.62. The van der Waals surface area contributed by atoms with E-state index in [0.29, 0.717) is 12.4 Å². The SMILES string of the molecule is COC(=NCC(=O)NCc1ccc(-c2cccc(OC)c2)c2ccncc12)c1ccccc1. The lowest BCUT2D eigenvalue weighted by molar-refractivity contribution is -0.119. The van der Waals surface area contributed by atoms with Gasteiger partial charge in [0.2, 0.25) is 11.8 Å². The number of carbonyl (C=O) groups is 1. The van der Waals surface area contributed by atoms with E-state index in [0.717, 1.165) is 38.8 Å². The van der Waals surface area contributed by atoms with Crippen molar-refractivity contribution in [2.45, 2.75) is 6.54 Å². The lowest BCUT2D eigenvalue weighted by atomic mass is 9.96. The van der Waals surface area contributed by atoms with Crippen LogP contribution in [0.2, 0.25) is 0 Å². The summed E-state index contributed by atoms with van der Waals surface area (Å²) in [6.07, 6.45) is 3.61. The number of methoxy groups -OCH3 is 2. The molecule has 3 aromatic carbocycles. The van der Waals surface area contributed by atoms with Gasteiger partial charge in [0.15, 0.2) is 0 Å². The molecule has 0 aliphatic rings. The largest absolute Gasteiger partial charge is 0.497 e. The van der Waals surface area contributed by atoms with Crippen LogP contribution in [0, 0.1) is 0 Å². The van der Waals surface area contributed by atoms with Crippen molar-refractivity contribution in [1.82, 2.24) is 10.3 Å². The number of hydrogen-bond acceptors (Lipinski definition) is 5. The Labute approximate surface area is 192 Å².